The molecule has 0 N–H and O–H groups in total. The number of oxazole rings is 1. The number of hydrogen-bond acceptors (Lipinski definition) is 4. The van der Waals surface area contributed by atoms with Crippen LogP contribution in [0.5, 0.6) is 5.75 Å². The van der Waals surface area contributed by atoms with Crippen LogP contribution in [0.15, 0.2) is 40.1 Å². The summed E-state index contributed by atoms with van der Waals surface area (Å²) in [5.74, 6) is 1.44. The van der Waals surface area contributed by atoms with E-state index in [0.29, 0.717) is 5.89 Å². The maximum absolute atomic E-state index is 5.67. The molecule has 0 bridgehead atoms. The highest BCUT2D eigenvalue weighted by molar-refractivity contribution is 7.13. The monoisotopic (exact) mass is 231 g/mol. The second-order valence-electron chi connectivity index (χ2n) is 3.33. The van der Waals surface area contributed by atoms with Crippen molar-refractivity contribution in [3.05, 3.63) is 35.7 Å². The van der Waals surface area contributed by atoms with Gasteiger partial charge in [0.05, 0.1) is 12.0 Å². The quantitative estimate of drug-likeness (QED) is 0.676. The highest BCUT2D eigenvalue weighted by Gasteiger charge is 2.09. The number of methoxy groups -OCH3 is 1. The Hall–Kier alpha value is -1.81. The Balaban J connectivity index is 2.16. The average Bonchev–Trinajstić information content (AvgIpc) is 2.96. The van der Waals surface area contributed by atoms with Gasteiger partial charge in [0.25, 0.3) is 0 Å². The molecule has 80 valence electrons. The van der Waals surface area contributed by atoms with Gasteiger partial charge in [-0.3, -0.25) is 0 Å². The first-order valence-corrected chi connectivity index (χ1v) is 5.73. The van der Waals surface area contributed by atoms with Gasteiger partial charge in [-0.2, -0.15) is 0 Å². The van der Waals surface area contributed by atoms with Crippen molar-refractivity contribution in [3.8, 4) is 16.5 Å². The Bertz CT molecular complexity index is 613. The number of benzene rings is 1. The van der Waals surface area contributed by atoms with Crippen molar-refractivity contribution in [3.63, 3.8) is 0 Å². The molecule has 0 atom stereocenters. The first-order chi connectivity index (χ1) is 7.86. The summed E-state index contributed by atoms with van der Waals surface area (Å²) in [6.45, 7) is 0. The van der Waals surface area contributed by atoms with Crippen molar-refractivity contribution in [1.29, 1.82) is 0 Å². The van der Waals surface area contributed by atoms with Gasteiger partial charge in [-0.05, 0) is 23.6 Å². The molecule has 3 rings (SSSR count). The fourth-order valence-electron chi connectivity index (χ4n) is 1.54. The van der Waals surface area contributed by atoms with Crippen LogP contribution in [0.2, 0.25) is 0 Å². The van der Waals surface area contributed by atoms with Crippen molar-refractivity contribution in [2.24, 2.45) is 0 Å². The normalized spacial score (nSPS) is 10.8. The number of ether oxygens (including phenoxy) is 1. The van der Waals surface area contributed by atoms with E-state index >= 15 is 0 Å². The van der Waals surface area contributed by atoms with Gasteiger partial charge in [0.2, 0.25) is 5.89 Å². The van der Waals surface area contributed by atoms with Gasteiger partial charge in [-0.1, -0.05) is 6.07 Å². The van der Waals surface area contributed by atoms with Gasteiger partial charge in [0.15, 0.2) is 5.58 Å². The zero-order valence-electron chi connectivity index (χ0n) is 8.64. The molecule has 3 aromatic rings. The third-order valence-corrected chi connectivity index (χ3v) is 3.19. The molecular formula is C12H9NO2S. The number of hydrogen-bond donors (Lipinski definition) is 0. The predicted octanol–water partition coefficient (Wildman–Crippen LogP) is 3.56. The largest absolute Gasteiger partial charge is 0.497 e. The van der Waals surface area contributed by atoms with E-state index in [1.54, 1.807) is 18.4 Å². The van der Waals surface area contributed by atoms with E-state index < -0.39 is 0 Å². The van der Waals surface area contributed by atoms with Gasteiger partial charge < -0.3 is 9.15 Å². The molecule has 0 radical (unpaired) electrons. The molecule has 16 heavy (non-hydrogen) atoms. The molecule has 0 aliphatic carbocycles. The molecule has 2 aromatic heterocycles. The van der Waals surface area contributed by atoms with E-state index in [4.69, 9.17) is 9.15 Å². The lowest BCUT2D eigenvalue weighted by Gasteiger charge is -1.95. The number of thiophene rings is 1. The molecule has 0 aliphatic heterocycles. The van der Waals surface area contributed by atoms with Crippen molar-refractivity contribution < 1.29 is 9.15 Å². The van der Waals surface area contributed by atoms with Crippen molar-refractivity contribution >= 4 is 22.4 Å². The van der Waals surface area contributed by atoms with E-state index in [2.05, 4.69) is 4.98 Å². The Morgan fingerprint density at radius 1 is 1.31 bits per heavy atom. The van der Waals surface area contributed by atoms with Crippen LogP contribution in [0, 0.1) is 0 Å². The van der Waals surface area contributed by atoms with E-state index in [9.17, 15) is 0 Å². The topological polar surface area (TPSA) is 35.3 Å². The van der Waals surface area contributed by atoms with Crippen LogP contribution in [0.1, 0.15) is 0 Å². The molecule has 3 nitrogen and oxygen atoms in total. The number of aromatic nitrogens is 1. The van der Waals surface area contributed by atoms with E-state index in [1.807, 2.05) is 35.7 Å². The molecule has 4 heteroatoms. The van der Waals surface area contributed by atoms with Crippen LogP contribution in [-0.2, 0) is 0 Å². The zero-order chi connectivity index (χ0) is 11.0. The SMILES string of the molecule is COc1ccc2nc(-c3cccs3)oc2c1. The van der Waals surface area contributed by atoms with E-state index in [-0.39, 0.29) is 0 Å². The van der Waals surface area contributed by atoms with Crippen LogP contribution in [0.25, 0.3) is 21.9 Å². The standard InChI is InChI=1S/C12H9NO2S/c1-14-8-4-5-9-10(7-8)15-12(13-9)11-3-2-6-16-11/h2-7H,1H3. The second kappa shape index (κ2) is 3.64. The first-order valence-electron chi connectivity index (χ1n) is 4.85. The maximum atomic E-state index is 5.67. The smallest absolute Gasteiger partial charge is 0.237 e. The van der Waals surface area contributed by atoms with Gasteiger partial charge in [0, 0.05) is 6.07 Å². The summed E-state index contributed by atoms with van der Waals surface area (Å²) in [5, 5.41) is 2.00. The fourth-order valence-corrected chi connectivity index (χ4v) is 2.19. The summed E-state index contributed by atoms with van der Waals surface area (Å²) in [6, 6.07) is 9.60. The van der Waals surface area contributed by atoms with Crippen molar-refractivity contribution in [1.82, 2.24) is 4.98 Å². The lowest BCUT2D eigenvalue weighted by atomic mass is 10.3. The summed E-state index contributed by atoms with van der Waals surface area (Å²) in [6.07, 6.45) is 0. The maximum Gasteiger partial charge on any atom is 0.237 e. The van der Waals surface area contributed by atoms with Crippen LogP contribution >= 0.6 is 11.3 Å². The molecule has 0 spiro atoms. The second-order valence-corrected chi connectivity index (χ2v) is 4.28. The predicted molar refractivity (Wildman–Crippen MR) is 63.9 cm³/mol. The third kappa shape index (κ3) is 1.47. The molecule has 0 unspecified atom stereocenters. The van der Waals surface area contributed by atoms with Gasteiger partial charge in [-0.25, -0.2) is 4.98 Å². The molecule has 0 saturated carbocycles. The number of rotatable bonds is 2. The fraction of sp³-hybridized carbons (Fsp3) is 0.0833. The summed E-state index contributed by atoms with van der Waals surface area (Å²) >= 11 is 1.61. The summed E-state index contributed by atoms with van der Waals surface area (Å²) in [4.78, 5) is 5.46. The molecule has 0 saturated heterocycles. The minimum Gasteiger partial charge on any atom is -0.497 e. The van der Waals surface area contributed by atoms with Crippen molar-refractivity contribution in [2.45, 2.75) is 0 Å². The zero-order valence-corrected chi connectivity index (χ0v) is 9.45. The lowest BCUT2D eigenvalue weighted by Crippen LogP contribution is -1.80. The van der Waals surface area contributed by atoms with E-state index in [0.717, 1.165) is 21.7 Å². The Morgan fingerprint density at radius 2 is 2.25 bits per heavy atom. The van der Waals surface area contributed by atoms with Gasteiger partial charge >= 0.3 is 0 Å². The van der Waals surface area contributed by atoms with Crippen LogP contribution in [-0.4, -0.2) is 12.1 Å². The minimum atomic E-state index is 0.665. The van der Waals surface area contributed by atoms with E-state index in [1.165, 1.54) is 0 Å². The third-order valence-electron chi connectivity index (χ3n) is 2.33. The first kappa shape index (κ1) is 9.42. The average molecular weight is 231 g/mol. The van der Waals surface area contributed by atoms with Gasteiger partial charge in [0.1, 0.15) is 11.3 Å². The Kier molecular flexibility index (Phi) is 2.15. The summed E-state index contributed by atoms with van der Waals surface area (Å²) in [7, 11) is 1.64. The number of fused-ring (bicyclic) bond motifs is 1. The molecular weight excluding hydrogens is 222 g/mol. The molecule has 2 heterocycles. The molecule has 0 amide bonds. The summed E-state index contributed by atoms with van der Waals surface area (Å²) < 4.78 is 10.8. The number of nitrogens with zero attached hydrogens (tertiary/aromatic N) is 1. The minimum absolute atomic E-state index is 0.665. The van der Waals surface area contributed by atoms with Gasteiger partial charge in [-0.15, -0.1) is 11.3 Å². The summed E-state index contributed by atoms with van der Waals surface area (Å²) in [5.41, 5.74) is 1.60. The molecule has 1 aromatic carbocycles. The van der Waals surface area contributed by atoms with Crippen LogP contribution in [0.3, 0.4) is 0 Å². The van der Waals surface area contributed by atoms with Crippen LogP contribution in [0.4, 0.5) is 0 Å². The highest BCUT2D eigenvalue weighted by atomic mass is 32.1. The highest BCUT2D eigenvalue weighted by Crippen LogP contribution is 2.29. The Morgan fingerprint density at radius 3 is 3.00 bits per heavy atom. The Labute approximate surface area is 96.3 Å². The lowest BCUT2D eigenvalue weighted by molar-refractivity contribution is 0.414. The molecule has 0 fully saturated rings. The molecule has 0 aliphatic rings. The van der Waals surface area contributed by atoms with Crippen molar-refractivity contribution in [2.75, 3.05) is 7.11 Å². The van der Waals surface area contributed by atoms with Crippen LogP contribution < -0.4 is 4.74 Å².